The van der Waals surface area contributed by atoms with E-state index >= 15 is 0 Å². The maximum atomic E-state index is 5.65. The number of likely N-dealkylation sites (N-methyl/N-ethyl adjacent to an activating group) is 1. The Balaban J connectivity index is 1.93. The Morgan fingerprint density at radius 2 is 2.33 bits per heavy atom. The molecule has 0 aliphatic heterocycles. The summed E-state index contributed by atoms with van der Waals surface area (Å²) < 4.78 is 10.6. The average Bonchev–Trinajstić information content (AvgIpc) is 2.63. The number of furan rings is 1. The zero-order chi connectivity index (χ0) is 10.9. The molecule has 0 bridgehead atoms. The molecular weight excluding hydrogens is 234 g/mol. The summed E-state index contributed by atoms with van der Waals surface area (Å²) in [7, 11) is 1.92. The summed E-state index contributed by atoms with van der Waals surface area (Å²) in [5.74, 6) is 2.74. The van der Waals surface area contributed by atoms with E-state index in [2.05, 4.69) is 5.32 Å². The molecule has 0 unspecified atom stereocenters. The van der Waals surface area contributed by atoms with Gasteiger partial charge >= 0.3 is 0 Å². The van der Waals surface area contributed by atoms with Crippen LogP contribution >= 0.6 is 23.4 Å². The van der Waals surface area contributed by atoms with Gasteiger partial charge in [0.1, 0.15) is 5.76 Å². The molecule has 1 aromatic heterocycles. The highest BCUT2D eigenvalue weighted by molar-refractivity contribution is 7.98. The molecule has 1 aromatic rings. The van der Waals surface area contributed by atoms with Gasteiger partial charge in [-0.2, -0.15) is 11.8 Å². The minimum absolute atomic E-state index is 0.455. The smallest absolute Gasteiger partial charge is 0.193 e. The Labute approximate surface area is 99.5 Å². The molecule has 0 atom stereocenters. The second-order valence-electron chi connectivity index (χ2n) is 2.97. The molecule has 5 heteroatoms. The molecule has 86 valence electrons. The Morgan fingerprint density at radius 1 is 1.47 bits per heavy atom. The van der Waals surface area contributed by atoms with Gasteiger partial charge in [0.15, 0.2) is 5.22 Å². The largest absolute Gasteiger partial charge is 0.449 e. The average molecular weight is 250 g/mol. The van der Waals surface area contributed by atoms with Gasteiger partial charge in [0.25, 0.3) is 0 Å². The van der Waals surface area contributed by atoms with Crippen LogP contribution in [0.1, 0.15) is 5.76 Å². The van der Waals surface area contributed by atoms with Crippen molar-refractivity contribution < 1.29 is 9.15 Å². The quantitative estimate of drug-likeness (QED) is 0.718. The summed E-state index contributed by atoms with van der Waals surface area (Å²) in [6.07, 6.45) is 0. The van der Waals surface area contributed by atoms with Crippen molar-refractivity contribution in [1.82, 2.24) is 5.32 Å². The van der Waals surface area contributed by atoms with E-state index in [4.69, 9.17) is 20.8 Å². The summed E-state index contributed by atoms with van der Waals surface area (Å²) in [5, 5.41) is 3.48. The molecule has 1 N–H and O–H groups in total. The Kier molecular flexibility index (Phi) is 6.92. The lowest BCUT2D eigenvalue weighted by Crippen LogP contribution is -2.15. The lowest BCUT2D eigenvalue weighted by Gasteiger charge is -2.02. The van der Waals surface area contributed by atoms with Crippen LogP contribution in [0.5, 0.6) is 0 Å². The summed E-state index contributed by atoms with van der Waals surface area (Å²) >= 11 is 7.43. The monoisotopic (exact) mass is 249 g/mol. The maximum absolute atomic E-state index is 5.65. The van der Waals surface area contributed by atoms with Crippen molar-refractivity contribution in [2.24, 2.45) is 0 Å². The second-order valence-corrected chi connectivity index (χ2v) is 4.45. The molecule has 15 heavy (non-hydrogen) atoms. The third-order valence-electron chi connectivity index (χ3n) is 1.74. The van der Waals surface area contributed by atoms with Gasteiger partial charge in [-0.1, -0.05) is 0 Å². The predicted molar refractivity (Wildman–Crippen MR) is 64.6 cm³/mol. The predicted octanol–water partition coefficient (Wildman–Crippen LogP) is 2.40. The zero-order valence-corrected chi connectivity index (χ0v) is 10.4. The SMILES string of the molecule is CNCCOCCSCc1ccc(Cl)o1. The summed E-state index contributed by atoms with van der Waals surface area (Å²) in [6.45, 7) is 2.45. The number of hydrogen-bond donors (Lipinski definition) is 1. The molecule has 0 saturated heterocycles. The minimum Gasteiger partial charge on any atom is -0.449 e. The van der Waals surface area contributed by atoms with Crippen molar-refractivity contribution in [2.75, 3.05) is 32.6 Å². The van der Waals surface area contributed by atoms with E-state index in [1.54, 1.807) is 17.8 Å². The highest BCUT2D eigenvalue weighted by atomic mass is 35.5. The first-order valence-electron chi connectivity index (χ1n) is 4.87. The van der Waals surface area contributed by atoms with Gasteiger partial charge in [0.05, 0.1) is 19.0 Å². The van der Waals surface area contributed by atoms with Crippen molar-refractivity contribution in [3.05, 3.63) is 23.1 Å². The van der Waals surface area contributed by atoms with Crippen molar-refractivity contribution in [3.63, 3.8) is 0 Å². The molecule has 0 saturated carbocycles. The van der Waals surface area contributed by atoms with Crippen LogP contribution in [0, 0.1) is 0 Å². The van der Waals surface area contributed by atoms with E-state index in [9.17, 15) is 0 Å². The Morgan fingerprint density at radius 3 is 3.00 bits per heavy atom. The molecule has 3 nitrogen and oxygen atoms in total. The van der Waals surface area contributed by atoms with Gasteiger partial charge in [-0.05, 0) is 30.8 Å². The number of nitrogens with one attached hydrogen (secondary N) is 1. The normalized spacial score (nSPS) is 10.8. The lowest BCUT2D eigenvalue weighted by molar-refractivity contribution is 0.153. The molecule has 0 aliphatic rings. The first kappa shape index (κ1) is 12.9. The second kappa shape index (κ2) is 8.05. The fraction of sp³-hybridized carbons (Fsp3) is 0.600. The molecule has 0 aliphatic carbocycles. The van der Waals surface area contributed by atoms with Gasteiger partial charge in [0, 0.05) is 12.3 Å². The van der Waals surface area contributed by atoms with Gasteiger partial charge < -0.3 is 14.5 Å². The molecule has 1 heterocycles. The fourth-order valence-electron chi connectivity index (χ4n) is 0.996. The van der Waals surface area contributed by atoms with Crippen LogP contribution in [0.15, 0.2) is 16.5 Å². The molecule has 0 aromatic carbocycles. The number of halogens is 1. The van der Waals surface area contributed by atoms with Crippen molar-refractivity contribution in [2.45, 2.75) is 5.75 Å². The number of ether oxygens (including phenoxy) is 1. The van der Waals surface area contributed by atoms with Gasteiger partial charge in [-0.15, -0.1) is 0 Å². The number of rotatable bonds is 8. The summed E-state index contributed by atoms with van der Waals surface area (Å²) in [6, 6.07) is 3.66. The maximum Gasteiger partial charge on any atom is 0.193 e. The zero-order valence-electron chi connectivity index (χ0n) is 8.79. The molecule has 0 spiro atoms. The van der Waals surface area contributed by atoms with E-state index in [-0.39, 0.29) is 0 Å². The van der Waals surface area contributed by atoms with Gasteiger partial charge in [-0.25, -0.2) is 0 Å². The lowest BCUT2D eigenvalue weighted by atomic mass is 10.5. The van der Waals surface area contributed by atoms with E-state index < -0.39 is 0 Å². The van der Waals surface area contributed by atoms with E-state index in [0.29, 0.717) is 5.22 Å². The first-order chi connectivity index (χ1) is 7.33. The molecule has 0 amide bonds. The van der Waals surface area contributed by atoms with Crippen LogP contribution in [0.4, 0.5) is 0 Å². The Bertz CT molecular complexity index is 268. The topological polar surface area (TPSA) is 34.4 Å². The van der Waals surface area contributed by atoms with E-state index in [1.165, 1.54) is 0 Å². The number of hydrogen-bond acceptors (Lipinski definition) is 4. The van der Waals surface area contributed by atoms with Crippen LogP contribution in [0.3, 0.4) is 0 Å². The first-order valence-corrected chi connectivity index (χ1v) is 6.40. The van der Waals surface area contributed by atoms with Crippen molar-refractivity contribution in [3.8, 4) is 0 Å². The molecule has 0 fully saturated rings. The Hall–Kier alpha value is -0.160. The molecule has 1 rings (SSSR count). The molecule has 0 radical (unpaired) electrons. The highest BCUT2D eigenvalue weighted by Crippen LogP contribution is 2.18. The van der Waals surface area contributed by atoms with E-state index in [0.717, 1.165) is 37.0 Å². The third-order valence-corrected chi connectivity index (χ3v) is 2.89. The van der Waals surface area contributed by atoms with Crippen LogP contribution in [0.2, 0.25) is 5.22 Å². The van der Waals surface area contributed by atoms with E-state index in [1.807, 2.05) is 13.1 Å². The van der Waals surface area contributed by atoms with Crippen molar-refractivity contribution >= 4 is 23.4 Å². The highest BCUT2D eigenvalue weighted by Gasteiger charge is 1.99. The minimum atomic E-state index is 0.455. The summed E-state index contributed by atoms with van der Waals surface area (Å²) in [5.41, 5.74) is 0. The van der Waals surface area contributed by atoms with Gasteiger partial charge in [-0.3, -0.25) is 0 Å². The van der Waals surface area contributed by atoms with Gasteiger partial charge in [0.2, 0.25) is 0 Å². The van der Waals surface area contributed by atoms with Crippen LogP contribution in [-0.2, 0) is 10.5 Å². The third kappa shape index (κ3) is 6.10. The van der Waals surface area contributed by atoms with Crippen LogP contribution in [-0.4, -0.2) is 32.6 Å². The fourth-order valence-corrected chi connectivity index (χ4v) is 1.89. The van der Waals surface area contributed by atoms with Crippen molar-refractivity contribution in [1.29, 1.82) is 0 Å². The van der Waals surface area contributed by atoms with Crippen LogP contribution in [0.25, 0.3) is 0 Å². The molecular formula is C10H16ClNO2S. The van der Waals surface area contributed by atoms with Crippen LogP contribution < -0.4 is 5.32 Å². The standard InChI is InChI=1S/C10H16ClNO2S/c1-12-4-5-13-6-7-15-8-9-2-3-10(11)14-9/h2-3,12H,4-8H2,1H3. The summed E-state index contributed by atoms with van der Waals surface area (Å²) in [4.78, 5) is 0. The number of thioether (sulfide) groups is 1.